The quantitative estimate of drug-likeness (QED) is 0.216. The standard InChI is InChI=1S/C13H9.C10H17Si.C9H10.2ClH.Zr/c1-3-7-12-10(5-1)9-11-6-2-4-8-13(11)12;1-8-6-9(2)10(7-8)11(3,4)5;1-2-6-9-7-4-3-5-8-9;;;/h1-5,7-8H,9H2;6-7H,1-5H3;3-5,7-8H,2H2,1H3;2*1H;/q2*-1;;;;+2/p-2. The smallest absolute Gasteiger partial charge is 0.00418 e. The molecule has 4 aromatic carbocycles. The molecule has 0 bridgehead atoms. The Morgan fingerprint density at radius 2 is 1.50 bits per heavy atom. The molecule has 0 N–H and O–H groups in total. The van der Waals surface area contributed by atoms with E-state index in [1.165, 1.54) is 69.6 Å². The van der Waals surface area contributed by atoms with E-state index in [0.717, 1.165) is 6.42 Å². The molecule has 1 aliphatic carbocycles. The monoisotopic (exact) mass is 608 g/mol. The fraction of sp³-hybridized carbons (Fsp3) is 0.250. The second-order valence-corrected chi connectivity index (χ2v) is 16.5. The topological polar surface area (TPSA) is 0 Å². The van der Waals surface area contributed by atoms with Gasteiger partial charge in [-0.15, -0.1) is 5.56 Å². The number of aryl methyl sites for hydroxylation is 2. The molecule has 188 valence electrons. The number of hydrogen-bond donors (Lipinski definition) is 0. The summed E-state index contributed by atoms with van der Waals surface area (Å²) in [6.45, 7) is 13.8. The van der Waals surface area contributed by atoms with E-state index >= 15 is 0 Å². The normalized spacial score (nSPS) is 10.8. The van der Waals surface area contributed by atoms with Gasteiger partial charge in [0.2, 0.25) is 0 Å². The van der Waals surface area contributed by atoms with E-state index in [1.807, 2.05) is 6.07 Å². The van der Waals surface area contributed by atoms with Gasteiger partial charge in [-0.3, -0.25) is 0 Å². The Morgan fingerprint density at radius 3 is 2.06 bits per heavy atom. The van der Waals surface area contributed by atoms with Crippen LogP contribution >= 0.6 is 0 Å². The van der Waals surface area contributed by atoms with Crippen LogP contribution in [0.25, 0.3) is 11.1 Å². The van der Waals surface area contributed by atoms with Crippen molar-refractivity contribution in [1.29, 1.82) is 0 Å². The van der Waals surface area contributed by atoms with Gasteiger partial charge >= 0.3 is 76.7 Å². The first kappa shape index (κ1) is 32.6. The van der Waals surface area contributed by atoms with Gasteiger partial charge in [-0.05, 0) is 6.42 Å². The minimum atomic E-state index is -1.06. The Bertz CT molecular complexity index is 1190. The first-order valence-electron chi connectivity index (χ1n) is 12.2. The summed E-state index contributed by atoms with van der Waals surface area (Å²) in [6.07, 6.45) is 2.23. The summed E-state index contributed by atoms with van der Waals surface area (Å²) in [4.78, 5) is 0. The largest absolute Gasteiger partial charge is 1.00 e. The van der Waals surface area contributed by atoms with Gasteiger partial charge in [-0.1, -0.05) is 68.9 Å². The van der Waals surface area contributed by atoms with Crippen molar-refractivity contribution in [1.82, 2.24) is 0 Å². The van der Waals surface area contributed by atoms with E-state index in [1.54, 1.807) is 8.39 Å². The van der Waals surface area contributed by atoms with Crippen LogP contribution in [-0.4, -0.2) is 11.3 Å². The molecule has 0 fully saturated rings. The second-order valence-electron chi connectivity index (χ2n) is 9.97. The molecule has 0 radical (unpaired) electrons. The van der Waals surface area contributed by atoms with Gasteiger partial charge in [0.05, 0.1) is 0 Å². The van der Waals surface area contributed by atoms with E-state index in [4.69, 9.17) is 0 Å². The number of benzene rings is 3. The summed E-state index contributed by atoms with van der Waals surface area (Å²) < 4.78 is 1.55. The van der Waals surface area contributed by atoms with Crippen molar-refractivity contribution in [2.24, 2.45) is 0 Å². The molecule has 4 heteroatoms. The Morgan fingerprint density at radius 1 is 0.889 bits per heavy atom. The molecular formula is C32H36Cl2SiZr-2. The van der Waals surface area contributed by atoms with Gasteiger partial charge in [0.25, 0.3) is 0 Å². The molecule has 0 unspecified atom stereocenters. The maximum atomic E-state index is 3.30. The number of rotatable bonds is 3. The maximum absolute atomic E-state index is 3.30. The fourth-order valence-corrected chi connectivity index (χ4v) is 6.78. The van der Waals surface area contributed by atoms with Crippen molar-refractivity contribution in [2.75, 3.05) is 0 Å². The van der Waals surface area contributed by atoms with Crippen molar-refractivity contribution in [3.63, 3.8) is 0 Å². The van der Waals surface area contributed by atoms with Gasteiger partial charge in [-0.2, -0.15) is 52.2 Å². The van der Waals surface area contributed by atoms with Crippen LogP contribution in [-0.2, 0) is 30.7 Å². The average molecular weight is 611 g/mol. The Hall–Kier alpha value is -1.44. The fourth-order valence-electron chi connectivity index (χ4n) is 4.45. The molecule has 1 aliphatic rings. The van der Waals surface area contributed by atoms with E-state index < -0.39 is 8.07 Å². The third-order valence-corrected chi connectivity index (χ3v) is 9.87. The summed E-state index contributed by atoms with van der Waals surface area (Å²) in [6, 6.07) is 33.3. The third-order valence-electron chi connectivity index (χ3n) is 6.14. The minimum absolute atomic E-state index is 0. The van der Waals surface area contributed by atoms with Gasteiger partial charge in [0, 0.05) is 8.07 Å². The molecule has 0 saturated carbocycles. The van der Waals surface area contributed by atoms with E-state index in [0.29, 0.717) is 0 Å². The number of fused-ring (bicyclic) bond motifs is 3. The van der Waals surface area contributed by atoms with Crippen molar-refractivity contribution >= 4 is 16.5 Å². The number of hydrogen-bond acceptors (Lipinski definition) is 0. The molecule has 0 atom stereocenters. The predicted octanol–water partition coefficient (Wildman–Crippen LogP) is 1.80. The molecule has 4 aromatic rings. The molecule has 0 nitrogen and oxygen atoms in total. The van der Waals surface area contributed by atoms with Crippen LogP contribution in [0, 0.1) is 19.9 Å². The zero-order chi connectivity index (χ0) is 24.7. The first-order chi connectivity index (χ1) is 16.2. The van der Waals surface area contributed by atoms with Gasteiger partial charge < -0.3 is 24.8 Å². The van der Waals surface area contributed by atoms with Crippen molar-refractivity contribution < 1.29 is 49.0 Å². The predicted molar refractivity (Wildman–Crippen MR) is 149 cm³/mol. The number of halogens is 2. The molecule has 0 heterocycles. The molecule has 0 amide bonds. The van der Waals surface area contributed by atoms with Crippen LogP contribution in [0.5, 0.6) is 0 Å². The second kappa shape index (κ2) is 15.1. The van der Waals surface area contributed by atoms with Crippen LogP contribution in [0.4, 0.5) is 0 Å². The summed E-state index contributed by atoms with van der Waals surface area (Å²) in [5, 5.41) is 1.62. The Kier molecular flexibility index (Phi) is 13.7. The Balaban J connectivity index is 0.000000266. The first-order valence-corrected chi connectivity index (χ1v) is 16.9. The summed E-state index contributed by atoms with van der Waals surface area (Å²) in [5.41, 5.74) is 9.82. The summed E-state index contributed by atoms with van der Waals surface area (Å²) >= 11 is 1.54. The van der Waals surface area contributed by atoms with Crippen molar-refractivity contribution in [3.05, 3.63) is 119 Å². The third kappa shape index (κ3) is 8.84. The molecule has 0 spiro atoms. The van der Waals surface area contributed by atoms with Gasteiger partial charge in [0.15, 0.2) is 0 Å². The van der Waals surface area contributed by atoms with Crippen LogP contribution in [0.2, 0.25) is 19.6 Å². The minimum Gasteiger partial charge on any atom is -1.00 e. The maximum Gasteiger partial charge on any atom is 0.00418 e. The molecule has 0 saturated heterocycles. The zero-order valence-electron chi connectivity index (χ0n) is 22.3. The van der Waals surface area contributed by atoms with Gasteiger partial charge in [0.1, 0.15) is 0 Å². The van der Waals surface area contributed by atoms with E-state index in [-0.39, 0.29) is 24.8 Å². The summed E-state index contributed by atoms with van der Waals surface area (Å²) in [7, 11) is -1.06. The molecule has 0 aliphatic heterocycles. The average Bonchev–Trinajstić information content (AvgIpc) is 3.39. The molecule has 36 heavy (non-hydrogen) atoms. The van der Waals surface area contributed by atoms with Crippen LogP contribution in [0.3, 0.4) is 0 Å². The van der Waals surface area contributed by atoms with Crippen LogP contribution < -0.4 is 30.0 Å². The van der Waals surface area contributed by atoms with Crippen LogP contribution in [0.15, 0.2) is 84.9 Å². The SMILES string of the molecule is CC[C](=[Zr+2])c1ccccc1.Cc1cc([Si](C)(C)C)c(C)[cH-]1.[Cl-].[Cl-].[c-]1cccc2c1Cc1ccccc1-2. The molecule has 5 rings (SSSR count). The van der Waals surface area contributed by atoms with E-state index in [2.05, 4.69) is 125 Å². The zero-order valence-corrected chi connectivity index (χ0v) is 27.2. The molecule has 0 aromatic heterocycles. The Labute approximate surface area is 247 Å². The molecular weight excluding hydrogens is 575 g/mol. The van der Waals surface area contributed by atoms with Crippen molar-refractivity contribution in [2.45, 2.75) is 53.3 Å². The van der Waals surface area contributed by atoms with Crippen molar-refractivity contribution in [3.8, 4) is 11.1 Å². The van der Waals surface area contributed by atoms with Crippen LogP contribution in [0.1, 0.15) is 41.2 Å². The summed E-state index contributed by atoms with van der Waals surface area (Å²) in [5.74, 6) is 0. The van der Waals surface area contributed by atoms with E-state index in [9.17, 15) is 0 Å². The van der Waals surface area contributed by atoms with Gasteiger partial charge in [-0.25, -0.2) is 6.07 Å².